The highest BCUT2D eigenvalue weighted by atomic mass is 35.5. The lowest BCUT2D eigenvalue weighted by Crippen LogP contribution is -2.29. The minimum Gasteiger partial charge on any atom is -0.342 e. The lowest BCUT2D eigenvalue weighted by atomic mass is 10.0. The van der Waals surface area contributed by atoms with Crippen LogP contribution in [0.3, 0.4) is 0 Å². The predicted octanol–water partition coefficient (Wildman–Crippen LogP) is 3.78. The van der Waals surface area contributed by atoms with Crippen LogP contribution in [0.25, 0.3) is 0 Å². The molecule has 0 aliphatic heterocycles. The zero-order chi connectivity index (χ0) is 13.5. The summed E-state index contributed by atoms with van der Waals surface area (Å²) in [4.78, 5) is 14.2. The van der Waals surface area contributed by atoms with Gasteiger partial charge in [-0.05, 0) is 37.8 Å². The van der Waals surface area contributed by atoms with Gasteiger partial charge in [-0.25, -0.2) is 0 Å². The summed E-state index contributed by atoms with van der Waals surface area (Å²) in [5.74, 6) is 0.825. The van der Waals surface area contributed by atoms with Gasteiger partial charge in [-0.1, -0.05) is 24.6 Å². The van der Waals surface area contributed by atoms with Crippen molar-refractivity contribution in [2.45, 2.75) is 33.1 Å². The fourth-order valence-electron chi connectivity index (χ4n) is 2.06. The number of amides is 1. The van der Waals surface area contributed by atoms with Crippen LogP contribution in [0.2, 0.25) is 0 Å². The largest absolute Gasteiger partial charge is 0.342 e. The Morgan fingerprint density at radius 2 is 1.78 bits per heavy atom. The van der Waals surface area contributed by atoms with Crippen molar-refractivity contribution >= 4 is 17.5 Å². The predicted molar refractivity (Wildman–Crippen MR) is 77.4 cm³/mol. The van der Waals surface area contributed by atoms with E-state index in [4.69, 9.17) is 11.6 Å². The summed E-state index contributed by atoms with van der Waals surface area (Å²) >= 11 is 5.64. The van der Waals surface area contributed by atoms with Gasteiger partial charge < -0.3 is 4.90 Å². The fraction of sp³-hybridized carbons (Fsp3) is 0.533. The monoisotopic (exact) mass is 267 g/mol. The van der Waals surface area contributed by atoms with Gasteiger partial charge in [0.1, 0.15) is 0 Å². The Morgan fingerprint density at radius 3 is 2.33 bits per heavy atom. The number of hydrogen-bond donors (Lipinski definition) is 0. The van der Waals surface area contributed by atoms with Crippen LogP contribution in [0.15, 0.2) is 18.2 Å². The standard InChI is InChI=1S/C15H22ClNO/c1-12-8-7-9-13(2)14(12)15(18)17(3)11-6-4-5-10-16/h7-9H,4-6,10-11H2,1-3H3. The summed E-state index contributed by atoms with van der Waals surface area (Å²) in [5.41, 5.74) is 2.94. The first-order valence-corrected chi connectivity index (χ1v) is 6.99. The molecule has 0 unspecified atom stereocenters. The van der Waals surface area contributed by atoms with E-state index in [2.05, 4.69) is 0 Å². The lowest BCUT2D eigenvalue weighted by molar-refractivity contribution is 0.0791. The summed E-state index contributed by atoms with van der Waals surface area (Å²) in [6, 6.07) is 5.96. The average Bonchev–Trinajstić information content (AvgIpc) is 2.34. The van der Waals surface area contributed by atoms with Gasteiger partial charge in [-0.2, -0.15) is 0 Å². The topological polar surface area (TPSA) is 20.3 Å². The highest BCUT2D eigenvalue weighted by Gasteiger charge is 2.15. The molecule has 0 fully saturated rings. The zero-order valence-corrected chi connectivity index (χ0v) is 12.3. The number of aryl methyl sites for hydroxylation is 2. The van der Waals surface area contributed by atoms with Gasteiger partial charge in [0.05, 0.1) is 0 Å². The quantitative estimate of drug-likeness (QED) is 0.567. The number of hydrogen-bond acceptors (Lipinski definition) is 1. The van der Waals surface area contributed by atoms with Crippen LogP contribution >= 0.6 is 11.6 Å². The fourth-order valence-corrected chi connectivity index (χ4v) is 2.25. The first kappa shape index (κ1) is 15.0. The molecule has 2 nitrogen and oxygen atoms in total. The third-order valence-electron chi connectivity index (χ3n) is 3.17. The Bertz CT molecular complexity index is 383. The lowest BCUT2D eigenvalue weighted by Gasteiger charge is -2.19. The third kappa shape index (κ3) is 4.02. The number of unbranched alkanes of at least 4 members (excludes halogenated alkanes) is 2. The molecule has 0 heterocycles. The molecule has 1 rings (SSSR count). The van der Waals surface area contributed by atoms with Crippen molar-refractivity contribution in [2.24, 2.45) is 0 Å². The molecule has 18 heavy (non-hydrogen) atoms. The maximum absolute atomic E-state index is 12.3. The molecule has 0 bridgehead atoms. The van der Waals surface area contributed by atoms with E-state index < -0.39 is 0 Å². The molecule has 0 N–H and O–H groups in total. The van der Waals surface area contributed by atoms with Gasteiger partial charge in [0, 0.05) is 25.0 Å². The van der Waals surface area contributed by atoms with Gasteiger partial charge in [0.2, 0.25) is 0 Å². The van der Waals surface area contributed by atoms with E-state index in [1.54, 1.807) is 0 Å². The zero-order valence-electron chi connectivity index (χ0n) is 11.5. The van der Waals surface area contributed by atoms with E-state index in [0.29, 0.717) is 5.88 Å². The normalized spacial score (nSPS) is 10.4. The van der Waals surface area contributed by atoms with Crippen molar-refractivity contribution in [3.8, 4) is 0 Å². The van der Waals surface area contributed by atoms with E-state index in [1.807, 2.05) is 44.0 Å². The van der Waals surface area contributed by atoms with Crippen molar-refractivity contribution in [3.05, 3.63) is 34.9 Å². The van der Waals surface area contributed by atoms with E-state index in [9.17, 15) is 4.79 Å². The highest BCUT2D eigenvalue weighted by Crippen LogP contribution is 2.15. The molecule has 0 saturated heterocycles. The Balaban J connectivity index is 2.63. The second kappa shape index (κ2) is 7.42. The number of benzene rings is 1. The molecule has 0 spiro atoms. The number of halogens is 1. The van der Waals surface area contributed by atoms with E-state index in [1.165, 1.54) is 0 Å². The number of alkyl halides is 1. The van der Waals surface area contributed by atoms with Crippen LogP contribution in [-0.4, -0.2) is 30.3 Å². The van der Waals surface area contributed by atoms with Crippen LogP contribution < -0.4 is 0 Å². The minimum absolute atomic E-state index is 0.122. The molecule has 0 atom stereocenters. The van der Waals surface area contributed by atoms with Crippen LogP contribution in [0.5, 0.6) is 0 Å². The van der Waals surface area contributed by atoms with Crippen molar-refractivity contribution in [1.29, 1.82) is 0 Å². The van der Waals surface area contributed by atoms with Gasteiger partial charge in [0.25, 0.3) is 5.91 Å². The smallest absolute Gasteiger partial charge is 0.254 e. The molecule has 3 heteroatoms. The number of rotatable bonds is 6. The van der Waals surface area contributed by atoms with E-state index in [0.717, 1.165) is 42.5 Å². The molecular formula is C15H22ClNO. The SMILES string of the molecule is Cc1cccc(C)c1C(=O)N(C)CCCCCCl. The van der Waals surface area contributed by atoms with Crippen LogP contribution in [0.4, 0.5) is 0 Å². The summed E-state index contributed by atoms with van der Waals surface area (Å²) in [7, 11) is 1.87. The number of nitrogens with zero attached hydrogens (tertiary/aromatic N) is 1. The van der Waals surface area contributed by atoms with Gasteiger partial charge in [-0.15, -0.1) is 11.6 Å². The first-order valence-electron chi connectivity index (χ1n) is 6.45. The third-order valence-corrected chi connectivity index (χ3v) is 3.44. The minimum atomic E-state index is 0.122. The van der Waals surface area contributed by atoms with Crippen molar-refractivity contribution in [3.63, 3.8) is 0 Å². The van der Waals surface area contributed by atoms with Gasteiger partial charge >= 0.3 is 0 Å². The summed E-state index contributed by atoms with van der Waals surface area (Å²) in [6.07, 6.45) is 3.11. The second-order valence-corrected chi connectivity index (χ2v) is 5.12. The van der Waals surface area contributed by atoms with Crippen LogP contribution in [0.1, 0.15) is 40.7 Å². The Morgan fingerprint density at radius 1 is 1.17 bits per heavy atom. The Kier molecular flexibility index (Phi) is 6.20. The Labute approximate surface area is 115 Å². The molecule has 0 aromatic heterocycles. The molecule has 100 valence electrons. The number of carbonyl (C=O) groups is 1. The first-order chi connectivity index (χ1) is 8.57. The van der Waals surface area contributed by atoms with Crippen molar-refractivity contribution in [2.75, 3.05) is 19.5 Å². The van der Waals surface area contributed by atoms with E-state index >= 15 is 0 Å². The summed E-state index contributed by atoms with van der Waals surface area (Å²) in [6.45, 7) is 4.77. The molecular weight excluding hydrogens is 246 g/mol. The molecule has 0 saturated carbocycles. The molecule has 0 radical (unpaired) electrons. The van der Waals surface area contributed by atoms with Crippen LogP contribution in [-0.2, 0) is 0 Å². The van der Waals surface area contributed by atoms with Gasteiger partial charge in [0.15, 0.2) is 0 Å². The molecule has 1 amide bonds. The Hall–Kier alpha value is -1.02. The van der Waals surface area contributed by atoms with Crippen molar-refractivity contribution in [1.82, 2.24) is 4.90 Å². The highest BCUT2D eigenvalue weighted by molar-refractivity contribution is 6.17. The molecule has 0 aliphatic rings. The molecule has 1 aromatic rings. The second-order valence-electron chi connectivity index (χ2n) is 4.74. The van der Waals surface area contributed by atoms with Crippen molar-refractivity contribution < 1.29 is 4.79 Å². The maximum atomic E-state index is 12.3. The summed E-state index contributed by atoms with van der Waals surface area (Å²) < 4.78 is 0. The molecule has 1 aromatic carbocycles. The van der Waals surface area contributed by atoms with Crippen LogP contribution in [0, 0.1) is 13.8 Å². The summed E-state index contributed by atoms with van der Waals surface area (Å²) in [5, 5.41) is 0. The maximum Gasteiger partial charge on any atom is 0.254 e. The molecule has 0 aliphatic carbocycles. The number of carbonyl (C=O) groups excluding carboxylic acids is 1. The van der Waals surface area contributed by atoms with E-state index in [-0.39, 0.29) is 5.91 Å². The average molecular weight is 268 g/mol. The van der Waals surface area contributed by atoms with Gasteiger partial charge in [-0.3, -0.25) is 4.79 Å².